The fourth-order valence-electron chi connectivity index (χ4n) is 4.54. The van der Waals surface area contributed by atoms with E-state index in [1.807, 2.05) is 0 Å². The molecule has 3 aromatic rings. The maximum Gasteiger partial charge on any atom is 0.416 e. The predicted octanol–water partition coefficient (Wildman–Crippen LogP) is 7.69. The zero-order chi connectivity index (χ0) is 20.6. The van der Waals surface area contributed by atoms with Gasteiger partial charge in [0.15, 0.2) is 0 Å². The first-order valence-electron chi connectivity index (χ1n) is 10.2. The summed E-state index contributed by atoms with van der Waals surface area (Å²) in [4.78, 5) is 0. The molecule has 3 aromatic carbocycles. The Morgan fingerprint density at radius 2 is 1.41 bits per heavy atom. The maximum atomic E-state index is 13.0. The molecule has 0 radical (unpaired) electrons. The van der Waals surface area contributed by atoms with Gasteiger partial charge in [0.25, 0.3) is 0 Å². The highest BCUT2D eigenvalue weighted by molar-refractivity contribution is 5.46. The average Bonchev–Trinajstić information content (AvgIpc) is 2.72. The van der Waals surface area contributed by atoms with Crippen LogP contribution < -0.4 is 0 Å². The molecule has 3 heteroatoms. The fourth-order valence-corrected chi connectivity index (χ4v) is 4.54. The van der Waals surface area contributed by atoms with Gasteiger partial charge in [-0.3, -0.25) is 0 Å². The van der Waals surface area contributed by atoms with Crippen molar-refractivity contribution in [2.75, 3.05) is 0 Å². The molecule has 1 aliphatic rings. The molecule has 0 fully saturated rings. The van der Waals surface area contributed by atoms with Crippen LogP contribution in [0.4, 0.5) is 13.2 Å². The van der Waals surface area contributed by atoms with E-state index < -0.39 is 11.7 Å². The minimum atomic E-state index is -4.30. The molecule has 0 aliphatic heterocycles. The summed E-state index contributed by atoms with van der Waals surface area (Å²) in [5.41, 5.74) is 5.55. The Balaban J connectivity index is 1.76. The van der Waals surface area contributed by atoms with Crippen molar-refractivity contribution in [3.8, 4) is 0 Å². The Morgan fingerprint density at radius 1 is 0.793 bits per heavy atom. The smallest absolute Gasteiger partial charge is 0.166 e. The predicted molar refractivity (Wildman–Crippen MR) is 111 cm³/mol. The van der Waals surface area contributed by atoms with Gasteiger partial charge in [0.2, 0.25) is 0 Å². The number of hydrogen-bond donors (Lipinski definition) is 0. The van der Waals surface area contributed by atoms with Crippen LogP contribution in [0.3, 0.4) is 0 Å². The number of aryl methyl sites for hydroxylation is 1. The van der Waals surface area contributed by atoms with Crippen molar-refractivity contribution in [2.24, 2.45) is 0 Å². The lowest BCUT2D eigenvalue weighted by Gasteiger charge is -2.35. The van der Waals surface area contributed by atoms with Crippen molar-refractivity contribution < 1.29 is 13.2 Å². The molecular weight excluding hydrogens is 369 g/mol. The molecule has 4 rings (SSSR count). The third-order valence-electron chi connectivity index (χ3n) is 6.15. The van der Waals surface area contributed by atoms with Crippen LogP contribution in [-0.2, 0) is 12.6 Å². The van der Waals surface area contributed by atoms with Gasteiger partial charge in [-0.1, -0.05) is 74.5 Å². The van der Waals surface area contributed by atoms with Gasteiger partial charge in [-0.15, -0.1) is 0 Å². The van der Waals surface area contributed by atoms with Crippen molar-refractivity contribution in [1.82, 2.24) is 0 Å². The lowest BCUT2D eigenvalue weighted by molar-refractivity contribution is -0.137. The largest absolute Gasteiger partial charge is 0.416 e. The first kappa shape index (κ1) is 19.8. The summed E-state index contributed by atoms with van der Waals surface area (Å²) in [6.07, 6.45) is -2.43. The molecule has 2 unspecified atom stereocenters. The van der Waals surface area contributed by atoms with Crippen LogP contribution in [-0.4, -0.2) is 0 Å². The molecule has 0 saturated carbocycles. The molecule has 0 nitrogen and oxygen atoms in total. The SMILES string of the molecule is CC(C)c1ccc(C2c3ccccc3CCC2c2ccc(C(F)(F)F)cc2)cc1. The maximum absolute atomic E-state index is 13.0. The second-order valence-electron chi connectivity index (χ2n) is 8.26. The van der Waals surface area contributed by atoms with Gasteiger partial charge < -0.3 is 0 Å². The van der Waals surface area contributed by atoms with Crippen LogP contribution in [0.25, 0.3) is 0 Å². The summed E-state index contributed by atoms with van der Waals surface area (Å²) in [7, 11) is 0. The van der Waals surface area contributed by atoms with Crippen molar-refractivity contribution >= 4 is 0 Å². The van der Waals surface area contributed by atoms with E-state index in [2.05, 4.69) is 62.4 Å². The normalized spacial score (nSPS) is 19.2. The van der Waals surface area contributed by atoms with Crippen LogP contribution in [0.1, 0.15) is 71.4 Å². The van der Waals surface area contributed by atoms with E-state index in [9.17, 15) is 13.2 Å². The number of rotatable bonds is 3. The molecule has 2 atom stereocenters. The Labute approximate surface area is 170 Å². The Bertz CT molecular complexity index is 966. The zero-order valence-electron chi connectivity index (χ0n) is 16.7. The zero-order valence-corrected chi connectivity index (χ0v) is 16.7. The summed E-state index contributed by atoms with van der Waals surface area (Å²) in [6.45, 7) is 4.35. The highest BCUT2D eigenvalue weighted by atomic mass is 19.4. The standard InChI is InChI=1S/C26H25F3/c1-17(2)18-7-9-21(10-8-18)25-23-6-4-3-5-19(23)13-16-24(25)20-11-14-22(15-12-20)26(27,28)29/h3-12,14-15,17,24-25H,13,16H2,1-2H3. The quantitative estimate of drug-likeness (QED) is 0.427. The lowest BCUT2D eigenvalue weighted by Crippen LogP contribution is -2.20. The number of hydrogen-bond acceptors (Lipinski definition) is 0. The average molecular weight is 394 g/mol. The van der Waals surface area contributed by atoms with E-state index in [1.54, 1.807) is 12.1 Å². The van der Waals surface area contributed by atoms with E-state index in [1.165, 1.54) is 34.4 Å². The van der Waals surface area contributed by atoms with Crippen molar-refractivity contribution in [3.05, 3.63) is 106 Å². The Kier molecular flexibility index (Phi) is 5.24. The molecule has 0 amide bonds. The van der Waals surface area contributed by atoms with E-state index in [0.717, 1.165) is 18.4 Å². The minimum Gasteiger partial charge on any atom is -0.166 e. The number of halogens is 3. The van der Waals surface area contributed by atoms with Crippen molar-refractivity contribution in [2.45, 2.75) is 50.6 Å². The fraction of sp³-hybridized carbons (Fsp3) is 0.308. The summed E-state index contributed by atoms with van der Waals surface area (Å²) in [6, 6.07) is 23.0. The van der Waals surface area contributed by atoms with Crippen LogP contribution >= 0.6 is 0 Å². The molecule has 0 N–H and O–H groups in total. The second kappa shape index (κ2) is 7.70. The first-order chi connectivity index (χ1) is 13.8. The van der Waals surface area contributed by atoms with Crippen LogP contribution in [0.2, 0.25) is 0 Å². The van der Waals surface area contributed by atoms with Crippen LogP contribution in [0, 0.1) is 0 Å². The van der Waals surface area contributed by atoms with Crippen LogP contribution in [0.5, 0.6) is 0 Å². The van der Waals surface area contributed by atoms with Crippen LogP contribution in [0.15, 0.2) is 72.8 Å². The molecule has 29 heavy (non-hydrogen) atoms. The van der Waals surface area contributed by atoms with E-state index >= 15 is 0 Å². The number of fused-ring (bicyclic) bond motifs is 1. The van der Waals surface area contributed by atoms with Gasteiger partial charge in [0, 0.05) is 5.92 Å². The van der Waals surface area contributed by atoms with Crippen molar-refractivity contribution in [1.29, 1.82) is 0 Å². The molecule has 0 heterocycles. The highest BCUT2D eigenvalue weighted by Crippen LogP contribution is 2.46. The van der Waals surface area contributed by atoms with Gasteiger partial charge >= 0.3 is 6.18 Å². The summed E-state index contributed by atoms with van der Waals surface area (Å²) >= 11 is 0. The van der Waals surface area contributed by atoms with Gasteiger partial charge in [-0.05, 0) is 64.6 Å². The molecule has 0 spiro atoms. The van der Waals surface area contributed by atoms with E-state index in [4.69, 9.17) is 0 Å². The molecule has 1 aliphatic carbocycles. The molecule has 150 valence electrons. The summed E-state index contributed by atoms with van der Waals surface area (Å²) in [5, 5.41) is 0. The highest BCUT2D eigenvalue weighted by Gasteiger charge is 2.34. The third-order valence-corrected chi connectivity index (χ3v) is 6.15. The molecular formula is C26H25F3. The van der Waals surface area contributed by atoms with Gasteiger partial charge in [0.1, 0.15) is 0 Å². The molecule has 0 saturated heterocycles. The minimum absolute atomic E-state index is 0.151. The molecule has 0 aromatic heterocycles. The third kappa shape index (κ3) is 3.96. The lowest BCUT2D eigenvalue weighted by atomic mass is 9.69. The summed E-state index contributed by atoms with van der Waals surface area (Å²) < 4.78 is 39.0. The summed E-state index contributed by atoms with van der Waals surface area (Å²) in [5.74, 6) is 0.781. The van der Waals surface area contributed by atoms with Crippen molar-refractivity contribution in [3.63, 3.8) is 0 Å². The monoisotopic (exact) mass is 394 g/mol. The van der Waals surface area contributed by atoms with E-state index in [0.29, 0.717) is 5.92 Å². The molecule has 0 bridgehead atoms. The topological polar surface area (TPSA) is 0 Å². The number of alkyl halides is 3. The number of benzene rings is 3. The Hall–Kier alpha value is -2.55. The van der Waals surface area contributed by atoms with Gasteiger partial charge in [-0.25, -0.2) is 0 Å². The van der Waals surface area contributed by atoms with E-state index in [-0.39, 0.29) is 11.8 Å². The second-order valence-corrected chi connectivity index (χ2v) is 8.26. The van der Waals surface area contributed by atoms with Gasteiger partial charge in [0.05, 0.1) is 5.56 Å². The Morgan fingerprint density at radius 3 is 2.03 bits per heavy atom. The van der Waals surface area contributed by atoms with Gasteiger partial charge in [-0.2, -0.15) is 13.2 Å². The first-order valence-corrected chi connectivity index (χ1v) is 10.2.